The van der Waals surface area contributed by atoms with Gasteiger partial charge in [-0.2, -0.15) is 0 Å². The van der Waals surface area contributed by atoms with E-state index < -0.39 is 0 Å². The molecule has 2 rings (SSSR count). The molecule has 1 amide bonds. The van der Waals surface area contributed by atoms with Gasteiger partial charge in [-0.3, -0.25) is 4.79 Å². The molecule has 100 valence electrons. The fraction of sp³-hybridized carbons (Fsp3) is 0.231. The molecule has 2 aromatic rings. The van der Waals surface area contributed by atoms with Crippen LogP contribution in [-0.4, -0.2) is 41.1 Å². The second kappa shape index (κ2) is 5.90. The van der Waals surface area contributed by atoms with E-state index in [4.69, 9.17) is 5.11 Å². The van der Waals surface area contributed by atoms with E-state index in [0.29, 0.717) is 10.6 Å². The minimum absolute atomic E-state index is 0.105. The van der Waals surface area contributed by atoms with Crippen molar-refractivity contribution in [2.24, 2.45) is 0 Å². The molecule has 1 aromatic carbocycles. The van der Waals surface area contributed by atoms with Gasteiger partial charge in [0.05, 0.1) is 6.61 Å². The predicted octanol–water partition coefficient (Wildman–Crippen LogP) is 2.01. The summed E-state index contributed by atoms with van der Waals surface area (Å²) in [5.41, 5.74) is 0.649. The summed E-state index contributed by atoms with van der Waals surface area (Å²) in [5, 5.41) is 10.9. The first-order chi connectivity index (χ1) is 9.13. The van der Waals surface area contributed by atoms with E-state index in [1.807, 2.05) is 0 Å². The highest BCUT2D eigenvalue weighted by Crippen LogP contribution is 2.26. The number of aliphatic hydroxyl groups is 1. The molecule has 0 spiro atoms. The maximum absolute atomic E-state index is 13.6. The number of hydrogen-bond donors (Lipinski definition) is 1. The number of rotatable bonds is 4. The number of amides is 1. The molecule has 19 heavy (non-hydrogen) atoms. The topological polar surface area (TPSA) is 53.4 Å². The molecule has 0 saturated carbocycles. The number of aliphatic hydroxyl groups excluding tert-OH is 1. The van der Waals surface area contributed by atoms with Crippen molar-refractivity contribution in [1.29, 1.82) is 0 Å². The van der Waals surface area contributed by atoms with Gasteiger partial charge in [0, 0.05) is 24.5 Å². The van der Waals surface area contributed by atoms with Crippen molar-refractivity contribution in [3.05, 3.63) is 41.2 Å². The van der Waals surface area contributed by atoms with Gasteiger partial charge < -0.3 is 10.0 Å². The lowest BCUT2D eigenvalue weighted by molar-refractivity contribution is 0.0762. The molecule has 6 heteroatoms. The third-order valence-electron chi connectivity index (χ3n) is 2.61. The smallest absolute Gasteiger partial charge is 0.273 e. The van der Waals surface area contributed by atoms with Crippen molar-refractivity contribution in [2.45, 2.75) is 0 Å². The van der Waals surface area contributed by atoms with Crippen molar-refractivity contribution >= 4 is 17.2 Å². The van der Waals surface area contributed by atoms with Crippen LogP contribution in [-0.2, 0) is 0 Å². The Bertz CT molecular complexity index is 586. The van der Waals surface area contributed by atoms with Gasteiger partial charge in [-0.25, -0.2) is 9.37 Å². The zero-order valence-electron chi connectivity index (χ0n) is 10.3. The highest BCUT2D eigenvalue weighted by Gasteiger charge is 2.16. The van der Waals surface area contributed by atoms with Crippen molar-refractivity contribution in [2.75, 3.05) is 20.2 Å². The minimum atomic E-state index is -0.362. The van der Waals surface area contributed by atoms with Crippen LogP contribution in [0.2, 0.25) is 0 Å². The highest BCUT2D eigenvalue weighted by molar-refractivity contribution is 7.13. The number of nitrogens with zero attached hydrogens (tertiary/aromatic N) is 2. The van der Waals surface area contributed by atoms with E-state index in [1.54, 1.807) is 30.6 Å². The first-order valence-corrected chi connectivity index (χ1v) is 6.58. The Morgan fingerprint density at radius 3 is 2.89 bits per heavy atom. The van der Waals surface area contributed by atoms with Crippen molar-refractivity contribution in [1.82, 2.24) is 9.88 Å². The average Bonchev–Trinajstić information content (AvgIpc) is 2.88. The summed E-state index contributed by atoms with van der Waals surface area (Å²) < 4.78 is 13.6. The van der Waals surface area contributed by atoms with Crippen molar-refractivity contribution < 1.29 is 14.3 Å². The number of thiazole rings is 1. The Labute approximate surface area is 114 Å². The molecule has 0 unspecified atom stereocenters. The van der Waals surface area contributed by atoms with Crippen LogP contribution in [0.15, 0.2) is 29.6 Å². The number of benzene rings is 1. The van der Waals surface area contributed by atoms with E-state index in [0.717, 1.165) is 0 Å². The number of carbonyl (C=O) groups excluding carboxylic acids is 1. The van der Waals surface area contributed by atoms with Gasteiger partial charge in [0.15, 0.2) is 0 Å². The lowest BCUT2D eigenvalue weighted by atomic mass is 10.2. The lowest BCUT2D eigenvalue weighted by Gasteiger charge is -2.13. The van der Waals surface area contributed by atoms with E-state index >= 15 is 0 Å². The SMILES string of the molecule is CN(CCO)C(=O)c1csc(-c2ccccc2F)n1. The molecule has 0 saturated heterocycles. The van der Waals surface area contributed by atoms with Crippen LogP contribution in [0.4, 0.5) is 4.39 Å². The van der Waals surface area contributed by atoms with Gasteiger partial charge in [0.2, 0.25) is 0 Å². The van der Waals surface area contributed by atoms with E-state index in [-0.39, 0.29) is 30.6 Å². The van der Waals surface area contributed by atoms with Crippen molar-refractivity contribution in [3.63, 3.8) is 0 Å². The van der Waals surface area contributed by atoms with Crippen LogP contribution in [0.3, 0.4) is 0 Å². The van der Waals surface area contributed by atoms with Gasteiger partial charge >= 0.3 is 0 Å². The largest absolute Gasteiger partial charge is 0.395 e. The zero-order chi connectivity index (χ0) is 13.8. The number of halogens is 1. The number of carbonyl (C=O) groups is 1. The van der Waals surface area contributed by atoms with Gasteiger partial charge in [0.1, 0.15) is 16.5 Å². The molecule has 0 atom stereocenters. The van der Waals surface area contributed by atoms with Crippen LogP contribution in [0, 0.1) is 5.82 Å². The molecule has 0 aliphatic carbocycles. The fourth-order valence-electron chi connectivity index (χ4n) is 1.58. The highest BCUT2D eigenvalue weighted by atomic mass is 32.1. The predicted molar refractivity (Wildman–Crippen MR) is 71.6 cm³/mol. The molecule has 0 aliphatic heterocycles. The normalized spacial score (nSPS) is 10.5. The molecule has 0 aliphatic rings. The van der Waals surface area contributed by atoms with Crippen LogP contribution in [0.25, 0.3) is 10.6 Å². The summed E-state index contributed by atoms with van der Waals surface area (Å²) in [4.78, 5) is 17.5. The Balaban J connectivity index is 2.25. The lowest BCUT2D eigenvalue weighted by Crippen LogP contribution is -2.29. The molecule has 0 bridgehead atoms. The van der Waals surface area contributed by atoms with Crippen LogP contribution >= 0.6 is 11.3 Å². The van der Waals surface area contributed by atoms with E-state index in [9.17, 15) is 9.18 Å². The Kier molecular flexibility index (Phi) is 4.24. The Morgan fingerprint density at radius 1 is 1.47 bits per heavy atom. The summed E-state index contributed by atoms with van der Waals surface area (Å²) in [6, 6.07) is 6.31. The molecule has 0 fully saturated rings. The molecule has 4 nitrogen and oxygen atoms in total. The summed E-state index contributed by atoms with van der Waals surface area (Å²) >= 11 is 1.22. The number of likely N-dealkylation sites (N-methyl/N-ethyl adjacent to an activating group) is 1. The van der Waals surface area contributed by atoms with E-state index in [1.165, 1.54) is 22.3 Å². The third-order valence-corrected chi connectivity index (χ3v) is 3.49. The first-order valence-electron chi connectivity index (χ1n) is 5.70. The molecular formula is C13H13FN2O2S. The summed E-state index contributed by atoms with van der Waals surface area (Å²) in [7, 11) is 1.58. The fourth-order valence-corrected chi connectivity index (χ4v) is 2.40. The second-order valence-corrected chi connectivity index (χ2v) is 4.83. The van der Waals surface area contributed by atoms with E-state index in [2.05, 4.69) is 4.98 Å². The monoisotopic (exact) mass is 280 g/mol. The molecule has 1 N–H and O–H groups in total. The molecule has 0 radical (unpaired) electrons. The first kappa shape index (κ1) is 13.6. The van der Waals surface area contributed by atoms with Gasteiger partial charge in [-0.05, 0) is 12.1 Å². The molecule has 1 heterocycles. The van der Waals surface area contributed by atoms with Gasteiger partial charge in [0.25, 0.3) is 5.91 Å². The van der Waals surface area contributed by atoms with Crippen molar-refractivity contribution in [3.8, 4) is 10.6 Å². The van der Waals surface area contributed by atoms with Crippen LogP contribution in [0.1, 0.15) is 10.5 Å². The third kappa shape index (κ3) is 2.97. The minimum Gasteiger partial charge on any atom is -0.395 e. The Hall–Kier alpha value is -1.79. The van der Waals surface area contributed by atoms with Gasteiger partial charge in [-0.1, -0.05) is 12.1 Å². The quantitative estimate of drug-likeness (QED) is 0.932. The Morgan fingerprint density at radius 2 is 2.21 bits per heavy atom. The average molecular weight is 280 g/mol. The number of aromatic nitrogens is 1. The summed E-state index contributed by atoms with van der Waals surface area (Å²) in [5.74, 6) is -0.646. The standard InChI is InChI=1S/C13H13FN2O2S/c1-16(6-7-17)13(18)11-8-19-12(15-11)9-4-2-3-5-10(9)14/h2-5,8,17H,6-7H2,1H3. The summed E-state index contributed by atoms with van der Waals surface area (Å²) in [6.07, 6.45) is 0. The second-order valence-electron chi connectivity index (χ2n) is 3.97. The van der Waals surface area contributed by atoms with Crippen LogP contribution < -0.4 is 0 Å². The maximum atomic E-state index is 13.6. The molecule has 1 aromatic heterocycles. The zero-order valence-corrected chi connectivity index (χ0v) is 11.2. The van der Waals surface area contributed by atoms with Gasteiger partial charge in [-0.15, -0.1) is 11.3 Å². The summed E-state index contributed by atoms with van der Waals surface area (Å²) in [6.45, 7) is 0.137. The number of hydrogen-bond acceptors (Lipinski definition) is 4. The maximum Gasteiger partial charge on any atom is 0.273 e. The van der Waals surface area contributed by atoms with Crippen LogP contribution in [0.5, 0.6) is 0 Å². The molecular weight excluding hydrogens is 267 g/mol.